The van der Waals surface area contributed by atoms with Gasteiger partial charge in [-0.2, -0.15) is 0 Å². The van der Waals surface area contributed by atoms with E-state index in [0.29, 0.717) is 0 Å². The highest BCUT2D eigenvalue weighted by atomic mass is 16.1. The van der Waals surface area contributed by atoms with E-state index < -0.39 is 0 Å². The number of carbonyl (C=O) groups is 1. The van der Waals surface area contributed by atoms with Gasteiger partial charge < -0.3 is 10.6 Å². The zero-order valence-corrected chi connectivity index (χ0v) is 12.4. The Morgan fingerprint density at radius 3 is 2.57 bits per heavy atom. The molecule has 0 aromatic heterocycles. The Morgan fingerprint density at radius 2 is 1.81 bits per heavy atom. The normalized spacial score (nSPS) is 14.6. The van der Waals surface area contributed by atoms with Crippen LogP contribution in [0.15, 0.2) is 42.5 Å². The van der Waals surface area contributed by atoms with Gasteiger partial charge in [-0.25, -0.2) is 0 Å². The lowest BCUT2D eigenvalue weighted by Crippen LogP contribution is -2.26. The van der Waals surface area contributed by atoms with Gasteiger partial charge in [-0.05, 0) is 42.7 Å². The van der Waals surface area contributed by atoms with E-state index in [2.05, 4.69) is 41.8 Å². The molecule has 2 aromatic carbocycles. The van der Waals surface area contributed by atoms with Crippen LogP contribution in [0.1, 0.15) is 45.6 Å². The number of nitrogens with one attached hydrogen (secondary N) is 2. The molecule has 0 spiro atoms. The summed E-state index contributed by atoms with van der Waals surface area (Å²) in [5, 5.41) is 6.36. The topological polar surface area (TPSA) is 41.1 Å². The Bertz CT molecular complexity index is 661. The second-order valence-corrected chi connectivity index (χ2v) is 5.69. The van der Waals surface area contributed by atoms with Crippen LogP contribution < -0.4 is 10.6 Å². The molecule has 0 saturated heterocycles. The largest absolute Gasteiger partial charge is 0.346 e. The third-order valence-corrected chi connectivity index (χ3v) is 4.02. The van der Waals surface area contributed by atoms with Gasteiger partial charge in [0.15, 0.2) is 0 Å². The van der Waals surface area contributed by atoms with E-state index in [1.807, 2.05) is 25.1 Å². The SMILES string of the molecule is Cc1ccc([C@H](C)NC(=O)c2ccc3c(c2)CNC3)cc1. The minimum atomic E-state index is -0.0159. The Kier molecular flexibility index (Phi) is 3.76. The first-order valence-electron chi connectivity index (χ1n) is 7.33. The van der Waals surface area contributed by atoms with Crippen LogP contribution >= 0.6 is 0 Å². The van der Waals surface area contributed by atoms with E-state index in [-0.39, 0.29) is 11.9 Å². The molecule has 1 heterocycles. The van der Waals surface area contributed by atoms with E-state index in [1.54, 1.807) is 0 Å². The first-order chi connectivity index (χ1) is 10.1. The number of amides is 1. The quantitative estimate of drug-likeness (QED) is 0.907. The third-order valence-electron chi connectivity index (χ3n) is 4.02. The molecule has 108 valence electrons. The van der Waals surface area contributed by atoms with E-state index in [4.69, 9.17) is 0 Å². The number of carbonyl (C=O) groups excluding carboxylic acids is 1. The second-order valence-electron chi connectivity index (χ2n) is 5.69. The summed E-state index contributed by atoms with van der Waals surface area (Å²) in [7, 11) is 0. The van der Waals surface area contributed by atoms with E-state index in [0.717, 1.165) is 24.2 Å². The summed E-state index contributed by atoms with van der Waals surface area (Å²) >= 11 is 0. The smallest absolute Gasteiger partial charge is 0.251 e. The van der Waals surface area contributed by atoms with Crippen LogP contribution in [0.2, 0.25) is 0 Å². The van der Waals surface area contributed by atoms with Crippen molar-refractivity contribution < 1.29 is 4.79 Å². The van der Waals surface area contributed by atoms with E-state index >= 15 is 0 Å². The lowest BCUT2D eigenvalue weighted by atomic mass is 10.0. The van der Waals surface area contributed by atoms with Crippen molar-refractivity contribution in [2.24, 2.45) is 0 Å². The van der Waals surface area contributed by atoms with Gasteiger partial charge in [-0.15, -0.1) is 0 Å². The maximum Gasteiger partial charge on any atom is 0.251 e. The summed E-state index contributed by atoms with van der Waals surface area (Å²) < 4.78 is 0. The molecule has 1 aliphatic heterocycles. The summed E-state index contributed by atoms with van der Waals surface area (Å²) in [6.45, 7) is 5.82. The average Bonchev–Trinajstić information content (AvgIpc) is 2.95. The summed E-state index contributed by atoms with van der Waals surface area (Å²) in [4.78, 5) is 12.4. The van der Waals surface area contributed by atoms with Crippen molar-refractivity contribution in [1.29, 1.82) is 0 Å². The van der Waals surface area contributed by atoms with Gasteiger partial charge in [-0.3, -0.25) is 4.79 Å². The van der Waals surface area contributed by atoms with Gasteiger partial charge in [-0.1, -0.05) is 35.9 Å². The molecule has 0 radical (unpaired) electrons. The van der Waals surface area contributed by atoms with Crippen LogP contribution in [0.5, 0.6) is 0 Å². The number of hydrogen-bond donors (Lipinski definition) is 2. The fourth-order valence-corrected chi connectivity index (χ4v) is 2.65. The summed E-state index contributed by atoms with van der Waals surface area (Å²) in [6.07, 6.45) is 0. The maximum absolute atomic E-state index is 12.4. The predicted molar refractivity (Wildman–Crippen MR) is 84.0 cm³/mol. The lowest BCUT2D eigenvalue weighted by Gasteiger charge is -2.15. The summed E-state index contributed by atoms with van der Waals surface area (Å²) in [5.41, 5.74) is 5.60. The molecule has 0 bridgehead atoms. The molecule has 1 atom stereocenters. The highest BCUT2D eigenvalue weighted by Gasteiger charge is 2.15. The van der Waals surface area contributed by atoms with E-state index in [1.165, 1.54) is 16.7 Å². The van der Waals surface area contributed by atoms with Crippen LogP contribution in [0, 0.1) is 6.92 Å². The predicted octanol–water partition coefficient (Wildman–Crippen LogP) is 3.09. The molecule has 3 heteroatoms. The van der Waals surface area contributed by atoms with Crippen LogP contribution in [-0.4, -0.2) is 5.91 Å². The van der Waals surface area contributed by atoms with Gasteiger partial charge in [0, 0.05) is 18.7 Å². The maximum atomic E-state index is 12.4. The third kappa shape index (κ3) is 2.98. The Labute approximate surface area is 125 Å². The molecule has 2 aromatic rings. The van der Waals surface area contributed by atoms with Crippen LogP contribution in [0.25, 0.3) is 0 Å². The Hall–Kier alpha value is -2.13. The highest BCUT2D eigenvalue weighted by molar-refractivity contribution is 5.94. The fourth-order valence-electron chi connectivity index (χ4n) is 2.65. The molecule has 21 heavy (non-hydrogen) atoms. The Balaban J connectivity index is 1.72. The number of benzene rings is 2. The van der Waals surface area contributed by atoms with Crippen molar-refractivity contribution in [2.75, 3.05) is 0 Å². The minimum Gasteiger partial charge on any atom is -0.346 e. The van der Waals surface area contributed by atoms with Crippen molar-refractivity contribution >= 4 is 5.91 Å². The first kappa shape index (κ1) is 13.8. The van der Waals surface area contributed by atoms with Gasteiger partial charge in [0.2, 0.25) is 0 Å². The van der Waals surface area contributed by atoms with Gasteiger partial charge >= 0.3 is 0 Å². The van der Waals surface area contributed by atoms with Crippen LogP contribution in [0.3, 0.4) is 0 Å². The molecule has 0 aliphatic carbocycles. The van der Waals surface area contributed by atoms with E-state index in [9.17, 15) is 4.79 Å². The summed E-state index contributed by atoms with van der Waals surface area (Å²) in [6, 6.07) is 14.2. The molecule has 1 aliphatic rings. The number of fused-ring (bicyclic) bond motifs is 1. The Morgan fingerprint density at radius 1 is 1.10 bits per heavy atom. The van der Waals surface area contributed by atoms with Crippen molar-refractivity contribution in [3.05, 3.63) is 70.3 Å². The first-order valence-corrected chi connectivity index (χ1v) is 7.33. The van der Waals surface area contributed by atoms with Crippen LogP contribution in [0.4, 0.5) is 0 Å². The molecule has 3 nitrogen and oxygen atoms in total. The monoisotopic (exact) mass is 280 g/mol. The molecule has 1 amide bonds. The van der Waals surface area contributed by atoms with Gasteiger partial charge in [0.05, 0.1) is 6.04 Å². The minimum absolute atomic E-state index is 0.00415. The number of hydrogen-bond acceptors (Lipinski definition) is 2. The molecule has 0 unspecified atom stereocenters. The zero-order chi connectivity index (χ0) is 14.8. The standard InChI is InChI=1S/C18H20N2O/c1-12-3-5-14(6-4-12)13(2)20-18(21)15-7-8-16-10-19-11-17(16)9-15/h3-9,13,19H,10-11H2,1-2H3,(H,20,21)/t13-/m0/s1. The highest BCUT2D eigenvalue weighted by Crippen LogP contribution is 2.18. The van der Waals surface area contributed by atoms with Crippen molar-refractivity contribution in [3.8, 4) is 0 Å². The zero-order valence-electron chi connectivity index (χ0n) is 12.4. The second kappa shape index (κ2) is 5.70. The lowest BCUT2D eigenvalue weighted by molar-refractivity contribution is 0.0940. The summed E-state index contributed by atoms with van der Waals surface area (Å²) in [5.74, 6) is -0.0159. The molecule has 0 fully saturated rings. The van der Waals surface area contributed by atoms with Crippen molar-refractivity contribution in [1.82, 2.24) is 10.6 Å². The molecule has 2 N–H and O–H groups in total. The van der Waals surface area contributed by atoms with Gasteiger partial charge in [0.25, 0.3) is 5.91 Å². The molecule has 3 rings (SSSR count). The number of aryl methyl sites for hydroxylation is 1. The molecule has 0 saturated carbocycles. The number of rotatable bonds is 3. The molecular weight excluding hydrogens is 260 g/mol. The van der Waals surface area contributed by atoms with Crippen molar-refractivity contribution in [2.45, 2.75) is 33.0 Å². The fraction of sp³-hybridized carbons (Fsp3) is 0.278. The van der Waals surface area contributed by atoms with Crippen LogP contribution in [-0.2, 0) is 13.1 Å². The van der Waals surface area contributed by atoms with Crippen molar-refractivity contribution in [3.63, 3.8) is 0 Å². The van der Waals surface area contributed by atoms with Gasteiger partial charge in [0.1, 0.15) is 0 Å². The average molecular weight is 280 g/mol. The molecular formula is C18H20N2O.